The average Bonchev–Trinajstić information content (AvgIpc) is 3.31. The van der Waals surface area contributed by atoms with Crippen LogP contribution in [0.5, 0.6) is 5.75 Å². The Balaban J connectivity index is 1.08. The third-order valence-corrected chi connectivity index (χ3v) is 6.78. The summed E-state index contributed by atoms with van der Waals surface area (Å²) < 4.78 is 12.9. The number of fused-ring (bicyclic) bond motifs is 1. The molecule has 1 fully saturated rings. The second-order valence-corrected chi connectivity index (χ2v) is 9.41. The van der Waals surface area contributed by atoms with Gasteiger partial charge in [-0.25, -0.2) is 9.79 Å². The predicted octanol–water partition coefficient (Wildman–Crippen LogP) is 2.74. The molecular formula is C25H32N8O3. The van der Waals surface area contributed by atoms with Crippen molar-refractivity contribution in [2.75, 3.05) is 6.61 Å². The molecule has 0 unspecified atom stereocenters. The number of nitrogens with two attached hydrogens (primary N) is 2. The first-order valence-corrected chi connectivity index (χ1v) is 12.5. The Kier molecular flexibility index (Phi) is 6.88. The van der Waals surface area contributed by atoms with Gasteiger partial charge in [0.2, 0.25) is 11.9 Å². The first-order valence-electron chi connectivity index (χ1n) is 12.5. The Labute approximate surface area is 208 Å². The van der Waals surface area contributed by atoms with Gasteiger partial charge >= 0.3 is 5.63 Å². The molecule has 3 heterocycles. The van der Waals surface area contributed by atoms with Crippen LogP contribution >= 0.6 is 0 Å². The second-order valence-electron chi connectivity index (χ2n) is 9.41. The van der Waals surface area contributed by atoms with E-state index in [0.29, 0.717) is 24.7 Å². The fourth-order valence-corrected chi connectivity index (χ4v) is 4.98. The standard InChI is InChI=1S/C25H32N8O3/c26-23-28-24(27)33(25(29-23)11-3-1-4-12-25)17-19-16-32(31-30-19)13-5-2-6-14-35-20-8-9-21-18(15-20)7-10-22(34)36-21/h7-10,15-16H,1-6,11-14,17H2,(H4,26,27,28,29). The molecule has 0 bridgehead atoms. The lowest BCUT2D eigenvalue weighted by Crippen LogP contribution is -2.57. The minimum absolute atomic E-state index is 0.257. The molecule has 1 aliphatic carbocycles. The minimum Gasteiger partial charge on any atom is -0.494 e. The van der Waals surface area contributed by atoms with Crippen molar-refractivity contribution < 1.29 is 9.15 Å². The van der Waals surface area contributed by atoms with Crippen LogP contribution in [0.1, 0.15) is 57.1 Å². The van der Waals surface area contributed by atoms with Gasteiger partial charge in [-0.15, -0.1) is 5.10 Å². The first-order chi connectivity index (χ1) is 17.5. The van der Waals surface area contributed by atoms with E-state index in [1.54, 1.807) is 12.1 Å². The van der Waals surface area contributed by atoms with Crippen molar-refractivity contribution in [2.45, 2.75) is 70.1 Å². The number of hydrogen-bond donors (Lipinski definition) is 2. The third-order valence-electron chi connectivity index (χ3n) is 6.78. The van der Waals surface area contributed by atoms with E-state index < -0.39 is 5.66 Å². The summed E-state index contributed by atoms with van der Waals surface area (Å²) in [6.45, 7) is 1.90. The van der Waals surface area contributed by atoms with Gasteiger partial charge in [0.15, 0.2) is 0 Å². The molecule has 3 aromatic rings. The van der Waals surface area contributed by atoms with Crippen molar-refractivity contribution >= 4 is 22.9 Å². The predicted molar refractivity (Wildman–Crippen MR) is 136 cm³/mol. The molecule has 0 amide bonds. The largest absolute Gasteiger partial charge is 0.494 e. The summed E-state index contributed by atoms with van der Waals surface area (Å²) in [5.41, 5.74) is 12.8. The highest BCUT2D eigenvalue weighted by Gasteiger charge is 2.41. The van der Waals surface area contributed by atoms with Gasteiger partial charge in [-0.3, -0.25) is 4.68 Å². The lowest BCUT2D eigenvalue weighted by molar-refractivity contribution is 0.113. The van der Waals surface area contributed by atoms with E-state index >= 15 is 0 Å². The highest BCUT2D eigenvalue weighted by Crippen LogP contribution is 2.37. The van der Waals surface area contributed by atoms with E-state index in [1.807, 2.05) is 27.9 Å². The third kappa shape index (κ3) is 5.34. The molecule has 4 N–H and O–H groups in total. The quantitative estimate of drug-likeness (QED) is 0.342. The number of hydrogen-bond acceptors (Lipinski definition) is 10. The molecule has 1 aliphatic heterocycles. The number of aromatic nitrogens is 3. The van der Waals surface area contributed by atoms with E-state index in [2.05, 4.69) is 15.3 Å². The number of guanidine groups is 2. The van der Waals surface area contributed by atoms with Gasteiger partial charge in [0.25, 0.3) is 0 Å². The number of nitrogens with zero attached hydrogens (tertiary/aromatic N) is 6. The highest BCUT2D eigenvalue weighted by atomic mass is 16.5. The number of rotatable bonds is 9. The highest BCUT2D eigenvalue weighted by molar-refractivity contribution is 5.95. The molecule has 11 heteroatoms. The fourth-order valence-electron chi connectivity index (χ4n) is 4.98. The maximum absolute atomic E-state index is 11.3. The van der Waals surface area contributed by atoms with Crippen LogP contribution < -0.4 is 21.8 Å². The summed E-state index contributed by atoms with van der Waals surface area (Å²) in [7, 11) is 0. The molecule has 0 saturated heterocycles. The minimum atomic E-state index is -0.420. The van der Waals surface area contributed by atoms with Crippen molar-refractivity contribution in [1.29, 1.82) is 0 Å². The van der Waals surface area contributed by atoms with E-state index in [-0.39, 0.29) is 11.6 Å². The average molecular weight is 493 g/mol. The van der Waals surface area contributed by atoms with Gasteiger partial charge in [0.05, 0.1) is 19.3 Å². The molecule has 0 atom stereocenters. The van der Waals surface area contributed by atoms with Gasteiger partial charge in [-0.2, -0.15) is 4.99 Å². The Bertz CT molecular complexity index is 1320. The summed E-state index contributed by atoms with van der Waals surface area (Å²) >= 11 is 0. The van der Waals surface area contributed by atoms with Crippen LogP contribution in [0.2, 0.25) is 0 Å². The zero-order chi connectivity index (χ0) is 25.0. The number of ether oxygens (including phenoxy) is 1. The maximum Gasteiger partial charge on any atom is 0.336 e. The van der Waals surface area contributed by atoms with Gasteiger partial charge < -0.3 is 25.5 Å². The molecule has 11 nitrogen and oxygen atoms in total. The molecule has 1 aromatic carbocycles. The van der Waals surface area contributed by atoms with Crippen LogP contribution in [-0.4, -0.2) is 44.1 Å². The summed E-state index contributed by atoms with van der Waals surface area (Å²) in [5, 5.41) is 9.49. The smallest absolute Gasteiger partial charge is 0.336 e. The Hall–Kier alpha value is -3.89. The normalized spacial score (nSPS) is 17.3. The molecule has 1 spiro atoms. The first kappa shape index (κ1) is 23.8. The fraction of sp³-hybridized carbons (Fsp3) is 0.480. The van der Waals surface area contributed by atoms with Crippen LogP contribution in [0, 0.1) is 0 Å². The Morgan fingerprint density at radius 1 is 1.06 bits per heavy atom. The Morgan fingerprint density at radius 2 is 1.92 bits per heavy atom. The van der Waals surface area contributed by atoms with Crippen molar-refractivity contribution in [2.24, 2.45) is 21.5 Å². The van der Waals surface area contributed by atoms with Crippen LogP contribution in [0.15, 0.2) is 55.7 Å². The van der Waals surface area contributed by atoms with E-state index in [1.165, 1.54) is 12.5 Å². The lowest BCUT2D eigenvalue weighted by Gasteiger charge is -2.45. The maximum atomic E-state index is 11.3. The molecule has 36 heavy (non-hydrogen) atoms. The van der Waals surface area contributed by atoms with Crippen molar-refractivity contribution in [3.8, 4) is 5.75 Å². The molecule has 190 valence electrons. The van der Waals surface area contributed by atoms with Crippen LogP contribution in [-0.2, 0) is 13.1 Å². The number of aliphatic imine (C=N–C) groups is 2. The van der Waals surface area contributed by atoms with E-state index in [4.69, 9.17) is 25.6 Å². The van der Waals surface area contributed by atoms with Gasteiger partial charge in [-0.05, 0) is 69.2 Å². The van der Waals surface area contributed by atoms with Crippen LogP contribution in [0.3, 0.4) is 0 Å². The van der Waals surface area contributed by atoms with Crippen LogP contribution in [0.25, 0.3) is 11.0 Å². The molecular weight excluding hydrogens is 460 g/mol. The van der Waals surface area contributed by atoms with Crippen molar-refractivity contribution in [1.82, 2.24) is 19.9 Å². The second kappa shape index (κ2) is 10.4. The van der Waals surface area contributed by atoms with E-state index in [0.717, 1.165) is 68.3 Å². The van der Waals surface area contributed by atoms with Crippen molar-refractivity contribution in [3.63, 3.8) is 0 Å². The monoisotopic (exact) mass is 492 g/mol. The van der Waals surface area contributed by atoms with Gasteiger partial charge in [0.1, 0.15) is 22.7 Å². The summed E-state index contributed by atoms with van der Waals surface area (Å²) in [4.78, 5) is 22.2. The van der Waals surface area contributed by atoms with E-state index in [9.17, 15) is 4.79 Å². The molecule has 0 radical (unpaired) electrons. The number of unbranched alkanes of at least 4 members (excludes halogenated alkanes) is 2. The molecule has 5 rings (SSSR count). The SMILES string of the molecule is NC1=NC2(CCCCC2)N(Cc2cn(CCCCCOc3ccc4oc(=O)ccc4c3)nn2)C(N)=N1. The van der Waals surface area contributed by atoms with Gasteiger partial charge in [0, 0.05) is 18.0 Å². The van der Waals surface area contributed by atoms with Crippen molar-refractivity contribution in [3.05, 3.63) is 52.6 Å². The number of aryl methyl sites for hydroxylation is 1. The zero-order valence-corrected chi connectivity index (χ0v) is 20.3. The number of benzene rings is 1. The Morgan fingerprint density at radius 3 is 2.78 bits per heavy atom. The molecule has 2 aliphatic rings. The molecule has 2 aromatic heterocycles. The van der Waals surface area contributed by atoms with Crippen LogP contribution in [0.4, 0.5) is 0 Å². The lowest BCUT2D eigenvalue weighted by atomic mass is 9.87. The topological polar surface area (TPSA) is 150 Å². The summed E-state index contributed by atoms with van der Waals surface area (Å²) in [6, 6.07) is 8.61. The summed E-state index contributed by atoms with van der Waals surface area (Å²) in [6.07, 6.45) is 10.1. The van der Waals surface area contributed by atoms with Gasteiger partial charge in [-0.1, -0.05) is 11.6 Å². The zero-order valence-electron chi connectivity index (χ0n) is 20.3. The molecule has 1 saturated carbocycles. The summed E-state index contributed by atoms with van der Waals surface area (Å²) in [5.74, 6) is 1.42.